The molecule has 2 rings (SSSR count). The highest BCUT2D eigenvalue weighted by Crippen LogP contribution is 2.17. The van der Waals surface area contributed by atoms with Crippen LogP contribution in [0.25, 0.3) is 11.4 Å². The van der Waals surface area contributed by atoms with Crippen LogP contribution in [0.3, 0.4) is 0 Å². The molecule has 1 aromatic carbocycles. The lowest BCUT2D eigenvalue weighted by Crippen LogP contribution is -2.32. The Morgan fingerprint density at radius 2 is 2.09 bits per heavy atom. The van der Waals surface area contributed by atoms with Gasteiger partial charge in [0.05, 0.1) is 0 Å². The van der Waals surface area contributed by atoms with Gasteiger partial charge < -0.3 is 10.2 Å². The van der Waals surface area contributed by atoms with E-state index in [9.17, 15) is 4.79 Å². The van der Waals surface area contributed by atoms with Crippen molar-refractivity contribution in [3.63, 3.8) is 0 Å². The van der Waals surface area contributed by atoms with Gasteiger partial charge in [0, 0.05) is 31.3 Å². The Kier molecular flexibility index (Phi) is 8.70. The molecule has 122 valence electrons. The summed E-state index contributed by atoms with van der Waals surface area (Å²) < 4.78 is 0. The molecule has 0 bridgehead atoms. The van der Waals surface area contributed by atoms with Crippen molar-refractivity contribution >= 4 is 30.7 Å². The zero-order chi connectivity index (χ0) is 14.5. The second-order valence-electron chi connectivity index (χ2n) is 4.66. The van der Waals surface area contributed by atoms with Crippen LogP contribution >= 0.6 is 24.8 Å². The molecule has 0 saturated carbocycles. The third kappa shape index (κ3) is 4.98. The van der Waals surface area contributed by atoms with E-state index in [1.54, 1.807) is 18.0 Å². The lowest BCUT2D eigenvalue weighted by molar-refractivity contribution is 0.0797. The lowest BCUT2D eigenvalue weighted by Gasteiger charge is -2.17. The fraction of sp³-hybridized carbons (Fsp3) is 0.357. The highest BCUT2D eigenvalue weighted by Gasteiger charge is 2.13. The van der Waals surface area contributed by atoms with Gasteiger partial charge in [-0.3, -0.25) is 9.89 Å². The maximum atomic E-state index is 12.3. The number of carbonyl (C=O) groups is 1. The number of aromatic nitrogens is 3. The molecule has 0 saturated heterocycles. The molecule has 1 aromatic heterocycles. The number of aryl methyl sites for hydroxylation is 1. The van der Waals surface area contributed by atoms with Crippen molar-refractivity contribution in [2.45, 2.75) is 6.92 Å². The molecular formula is C14H21Cl2N5O. The van der Waals surface area contributed by atoms with Gasteiger partial charge in [0.15, 0.2) is 5.82 Å². The zero-order valence-electron chi connectivity index (χ0n) is 12.8. The Morgan fingerprint density at radius 1 is 1.36 bits per heavy atom. The number of likely N-dealkylation sites (N-methyl/N-ethyl adjacent to an activating group) is 2. The first-order valence-electron chi connectivity index (χ1n) is 6.51. The number of carbonyl (C=O) groups excluding carboxylic acids is 1. The molecule has 0 spiro atoms. The molecule has 0 unspecified atom stereocenters. The molecule has 0 atom stereocenters. The molecule has 2 aromatic rings. The van der Waals surface area contributed by atoms with Gasteiger partial charge in [-0.2, -0.15) is 5.10 Å². The number of hydrogen-bond donors (Lipinski definition) is 2. The predicted octanol–water partition coefficient (Wildman–Crippen LogP) is 1.92. The number of H-pyrrole nitrogens is 1. The summed E-state index contributed by atoms with van der Waals surface area (Å²) in [6.45, 7) is 3.28. The van der Waals surface area contributed by atoms with Gasteiger partial charge in [0.1, 0.15) is 5.82 Å². The molecule has 0 aliphatic rings. The summed E-state index contributed by atoms with van der Waals surface area (Å²) in [5.41, 5.74) is 1.48. The summed E-state index contributed by atoms with van der Waals surface area (Å²) in [4.78, 5) is 18.3. The van der Waals surface area contributed by atoms with Crippen molar-refractivity contribution in [2.24, 2.45) is 0 Å². The number of nitrogens with zero attached hydrogens (tertiary/aromatic N) is 3. The summed E-state index contributed by atoms with van der Waals surface area (Å²) in [6.07, 6.45) is 0. The van der Waals surface area contributed by atoms with Crippen molar-refractivity contribution in [3.05, 3.63) is 35.7 Å². The van der Waals surface area contributed by atoms with Crippen molar-refractivity contribution in [2.75, 3.05) is 27.2 Å². The Labute approximate surface area is 142 Å². The fourth-order valence-electron chi connectivity index (χ4n) is 1.86. The van der Waals surface area contributed by atoms with Gasteiger partial charge in [-0.15, -0.1) is 24.8 Å². The van der Waals surface area contributed by atoms with E-state index in [2.05, 4.69) is 20.5 Å². The molecule has 1 amide bonds. The summed E-state index contributed by atoms with van der Waals surface area (Å²) in [5, 5.41) is 9.94. The van der Waals surface area contributed by atoms with Gasteiger partial charge in [-0.05, 0) is 26.1 Å². The maximum absolute atomic E-state index is 12.3. The van der Waals surface area contributed by atoms with Crippen molar-refractivity contribution in [1.29, 1.82) is 0 Å². The van der Waals surface area contributed by atoms with Crippen LogP contribution < -0.4 is 5.32 Å². The number of hydrogen-bond acceptors (Lipinski definition) is 4. The van der Waals surface area contributed by atoms with Crippen molar-refractivity contribution in [1.82, 2.24) is 25.4 Å². The smallest absolute Gasteiger partial charge is 0.253 e. The molecule has 22 heavy (non-hydrogen) atoms. The lowest BCUT2D eigenvalue weighted by atomic mass is 10.1. The second-order valence-corrected chi connectivity index (χ2v) is 4.66. The second kappa shape index (κ2) is 9.40. The number of benzene rings is 1. The fourth-order valence-corrected chi connectivity index (χ4v) is 1.86. The Hall–Kier alpha value is -1.63. The van der Waals surface area contributed by atoms with E-state index in [1.807, 2.05) is 32.2 Å². The minimum atomic E-state index is -0.00522. The monoisotopic (exact) mass is 345 g/mol. The van der Waals surface area contributed by atoms with E-state index in [-0.39, 0.29) is 30.7 Å². The number of nitrogens with one attached hydrogen (secondary N) is 2. The highest BCUT2D eigenvalue weighted by molar-refractivity contribution is 5.95. The number of halogens is 2. The van der Waals surface area contributed by atoms with Crippen LogP contribution in [0.4, 0.5) is 0 Å². The largest absolute Gasteiger partial charge is 0.340 e. The molecule has 0 fully saturated rings. The van der Waals surface area contributed by atoms with Gasteiger partial charge in [-0.25, -0.2) is 4.98 Å². The third-order valence-corrected chi connectivity index (χ3v) is 3.01. The van der Waals surface area contributed by atoms with Crippen molar-refractivity contribution in [3.8, 4) is 11.4 Å². The molecule has 8 heteroatoms. The summed E-state index contributed by atoms with van der Waals surface area (Å²) in [6, 6.07) is 7.37. The molecule has 2 N–H and O–H groups in total. The number of rotatable bonds is 5. The molecule has 0 aliphatic heterocycles. The van der Waals surface area contributed by atoms with E-state index in [0.29, 0.717) is 17.9 Å². The quantitative estimate of drug-likeness (QED) is 0.868. The van der Waals surface area contributed by atoms with Gasteiger partial charge in [0.2, 0.25) is 0 Å². The van der Waals surface area contributed by atoms with Gasteiger partial charge in [0.25, 0.3) is 5.91 Å². The van der Waals surface area contributed by atoms with E-state index < -0.39 is 0 Å². The SMILES string of the molecule is CNCCN(C)C(=O)c1cccc(-c2n[nH]c(C)n2)c1.Cl.Cl. The van der Waals surface area contributed by atoms with Crippen LogP contribution in [-0.4, -0.2) is 53.2 Å². The number of amides is 1. The third-order valence-electron chi connectivity index (χ3n) is 3.01. The first kappa shape index (κ1) is 20.4. The topological polar surface area (TPSA) is 73.9 Å². The van der Waals surface area contributed by atoms with Crippen LogP contribution in [0, 0.1) is 6.92 Å². The van der Waals surface area contributed by atoms with E-state index >= 15 is 0 Å². The van der Waals surface area contributed by atoms with E-state index in [4.69, 9.17) is 0 Å². The highest BCUT2D eigenvalue weighted by atomic mass is 35.5. The first-order chi connectivity index (χ1) is 9.61. The number of aromatic amines is 1. The maximum Gasteiger partial charge on any atom is 0.253 e. The Balaban J connectivity index is 0.00000220. The van der Waals surface area contributed by atoms with Crippen LogP contribution in [0.15, 0.2) is 24.3 Å². The molecule has 6 nitrogen and oxygen atoms in total. The standard InChI is InChI=1S/C14H19N5O.2ClH/c1-10-16-13(18-17-10)11-5-4-6-12(9-11)14(20)19(3)8-7-15-2;;/h4-6,9,15H,7-8H2,1-3H3,(H,16,17,18);2*1H. The normalized spacial score (nSPS) is 9.59. The van der Waals surface area contributed by atoms with Crippen LogP contribution in [-0.2, 0) is 0 Å². The Morgan fingerprint density at radius 3 is 2.68 bits per heavy atom. The minimum absolute atomic E-state index is 0. The first-order valence-corrected chi connectivity index (χ1v) is 6.51. The van der Waals surface area contributed by atoms with Crippen molar-refractivity contribution < 1.29 is 4.79 Å². The molecule has 0 radical (unpaired) electrons. The van der Waals surface area contributed by atoms with Crippen LogP contribution in [0.1, 0.15) is 16.2 Å². The summed E-state index contributed by atoms with van der Waals surface area (Å²) in [7, 11) is 3.66. The van der Waals surface area contributed by atoms with E-state index in [1.165, 1.54) is 0 Å². The molecule has 1 heterocycles. The van der Waals surface area contributed by atoms with Gasteiger partial charge in [-0.1, -0.05) is 12.1 Å². The van der Waals surface area contributed by atoms with Crippen LogP contribution in [0.2, 0.25) is 0 Å². The molecular weight excluding hydrogens is 325 g/mol. The average Bonchev–Trinajstić information content (AvgIpc) is 2.90. The summed E-state index contributed by atoms with van der Waals surface area (Å²) in [5.74, 6) is 1.35. The van der Waals surface area contributed by atoms with E-state index in [0.717, 1.165) is 17.9 Å². The summed E-state index contributed by atoms with van der Waals surface area (Å²) >= 11 is 0. The minimum Gasteiger partial charge on any atom is -0.340 e. The molecule has 0 aliphatic carbocycles. The average molecular weight is 346 g/mol. The predicted molar refractivity (Wildman–Crippen MR) is 91.9 cm³/mol. The van der Waals surface area contributed by atoms with Gasteiger partial charge >= 0.3 is 0 Å². The Bertz CT molecular complexity index is 602. The van der Waals surface area contributed by atoms with Crippen LogP contribution in [0.5, 0.6) is 0 Å². The zero-order valence-corrected chi connectivity index (χ0v) is 14.4.